The minimum Gasteiger partial charge on any atom is -0.337 e. The molecule has 0 amide bonds. The average Bonchev–Trinajstić information content (AvgIpc) is 3.38. The van der Waals surface area contributed by atoms with Crippen LogP contribution in [0.25, 0.3) is 11.4 Å². The van der Waals surface area contributed by atoms with Crippen molar-refractivity contribution in [3.63, 3.8) is 0 Å². The minimum atomic E-state index is -3.67. The van der Waals surface area contributed by atoms with Crippen LogP contribution in [0.15, 0.2) is 59.4 Å². The van der Waals surface area contributed by atoms with Gasteiger partial charge in [0.1, 0.15) is 6.04 Å². The maximum absolute atomic E-state index is 12.8. The fourth-order valence-electron chi connectivity index (χ4n) is 3.12. The number of pyridine rings is 1. The van der Waals surface area contributed by atoms with Gasteiger partial charge in [0.05, 0.1) is 0 Å². The van der Waals surface area contributed by atoms with Crippen molar-refractivity contribution >= 4 is 10.2 Å². The molecule has 27 heavy (non-hydrogen) atoms. The molecule has 0 saturated carbocycles. The van der Waals surface area contributed by atoms with Crippen LogP contribution in [0, 0.1) is 0 Å². The fourth-order valence-corrected chi connectivity index (χ4v) is 4.53. The van der Waals surface area contributed by atoms with E-state index in [1.54, 1.807) is 24.5 Å². The summed E-state index contributed by atoms with van der Waals surface area (Å²) in [5.74, 6) is 0.735. The van der Waals surface area contributed by atoms with Crippen molar-refractivity contribution in [2.24, 2.45) is 0 Å². The third-order valence-corrected chi connectivity index (χ3v) is 6.04. The zero-order valence-electron chi connectivity index (χ0n) is 14.5. The lowest BCUT2D eigenvalue weighted by molar-refractivity contribution is 0.288. The van der Waals surface area contributed by atoms with Gasteiger partial charge in [0.2, 0.25) is 11.7 Å². The number of rotatable bonds is 6. The Hall–Kier alpha value is -2.62. The van der Waals surface area contributed by atoms with Gasteiger partial charge in [0, 0.05) is 31.0 Å². The van der Waals surface area contributed by atoms with Gasteiger partial charge in [0.25, 0.3) is 10.2 Å². The smallest absolute Gasteiger partial charge is 0.280 e. The van der Waals surface area contributed by atoms with Crippen LogP contribution >= 0.6 is 0 Å². The van der Waals surface area contributed by atoms with Gasteiger partial charge in [-0.1, -0.05) is 35.5 Å². The fraction of sp³-hybridized carbons (Fsp3) is 0.278. The highest BCUT2D eigenvalue weighted by atomic mass is 32.2. The van der Waals surface area contributed by atoms with E-state index in [0.29, 0.717) is 24.7 Å². The average molecular weight is 385 g/mol. The predicted molar refractivity (Wildman–Crippen MR) is 98.4 cm³/mol. The predicted octanol–water partition coefficient (Wildman–Crippen LogP) is 2.30. The van der Waals surface area contributed by atoms with E-state index in [-0.39, 0.29) is 6.54 Å². The van der Waals surface area contributed by atoms with Crippen LogP contribution in [0.4, 0.5) is 0 Å². The molecule has 1 aliphatic heterocycles. The number of hydrogen-bond donors (Lipinski definition) is 1. The van der Waals surface area contributed by atoms with Gasteiger partial charge in [-0.05, 0) is 30.5 Å². The first-order valence-corrected chi connectivity index (χ1v) is 10.1. The molecular weight excluding hydrogens is 366 g/mol. The number of aromatic nitrogens is 3. The maximum Gasteiger partial charge on any atom is 0.280 e. The van der Waals surface area contributed by atoms with Crippen molar-refractivity contribution in [1.29, 1.82) is 0 Å². The van der Waals surface area contributed by atoms with Crippen molar-refractivity contribution in [3.05, 3.63) is 66.3 Å². The summed E-state index contributed by atoms with van der Waals surface area (Å²) in [6, 6.07) is 12.5. The number of benzene rings is 1. The summed E-state index contributed by atoms with van der Waals surface area (Å²) in [7, 11) is -3.67. The largest absolute Gasteiger partial charge is 0.337 e. The zero-order valence-corrected chi connectivity index (χ0v) is 15.3. The van der Waals surface area contributed by atoms with Crippen molar-refractivity contribution in [1.82, 2.24) is 24.2 Å². The van der Waals surface area contributed by atoms with Gasteiger partial charge < -0.3 is 4.52 Å². The SMILES string of the molecule is O=S(=O)(NCc1ccccc1)N1CCC[C@@H]1c1nc(-c2ccncc2)no1. The number of nitrogens with one attached hydrogen (secondary N) is 1. The zero-order chi connectivity index (χ0) is 18.7. The second-order valence-corrected chi connectivity index (χ2v) is 7.98. The third-order valence-electron chi connectivity index (χ3n) is 4.48. The lowest BCUT2D eigenvalue weighted by Gasteiger charge is -2.21. The van der Waals surface area contributed by atoms with Crippen LogP contribution in [0.2, 0.25) is 0 Å². The molecule has 1 aromatic carbocycles. The van der Waals surface area contributed by atoms with Crippen LogP contribution in [0.5, 0.6) is 0 Å². The summed E-state index contributed by atoms with van der Waals surface area (Å²) >= 11 is 0. The molecule has 0 unspecified atom stereocenters. The Kier molecular flexibility index (Phi) is 4.97. The number of hydrogen-bond acceptors (Lipinski definition) is 6. The summed E-state index contributed by atoms with van der Waals surface area (Å²) < 4.78 is 35.0. The molecule has 0 bridgehead atoms. The summed E-state index contributed by atoms with van der Waals surface area (Å²) in [5, 5.41) is 3.99. The summed E-state index contributed by atoms with van der Waals surface area (Å²) in [5.41, 5.74) is 1.67. The first-order chi connectivity index (χ1) is 13.1. The van der Waals surface area contributed by atoms with E-state index < -0.39 is 16.3 Å². The highest BCUT2D eigenvalue weighted by molar-refractivity contribution is 7.87. The molecule has 2 aromatic heterocycles. The van der Waals surface area contributed by atoms with Gasteiger partial charge in [0.15, 0.2) is 0 Å². The van der Waals surface area contributed by atoms with E-state index in [9.17, 15) is 8.42 Å². The minimum absolute atomic E-state index is 0.235. The van der Waals surface area contributed by atoms with Crippen molar-refractivity contribution in [2.45, 2.75) is 25.4 Å². The van der Waals surface area contributed by atoms with Gasteiger partial charge in [-0.3, -0.25) is 4.98 Å². The standard InChI is InChI=1S/C18H19N5O3S/c24-27(25,20-13-14-5-2-1-3-6-14)23-12-4-7-16(23)18-21-17(22-26-18)15-8-10-19-11-9-15/h1-3,5-6,8-11,16,20H,4,7,12-13H2/t16-/m1/s1. The molecule has 140 valence electrons. The Morgan fingerprint density at radius 2 is 1.93 bits per heavy atom. The molecule has 1 aliphatic rings. The van der Waals surface area contributed by atoms with Crippen LogP contribution in [0.3, 0.4) is 0 Å². The quantitative estimate of drug-likeness (QED) is 0.699. The molecule has 0 spiro atoms. The molecule has 9 heteroatoms. The van der Waals surface area contributed by atoms with Crippen LogP contribution in [0.1, 0.15) is 30.3 Å². The lowest BCUT2D eigenvalue weighted by Crippen LogP contribution is -2.40. The normalized spacial score (nSPS) is 18.0. The van der Waals surface area contributed by atoms with Gasteiger partial charge in [-0.2, -0.15) is 22.4 Å². The maximum atomic E-state index is 12.8. The molecule has 3 heterocycles. The molecule has 1 fully saturated rings. The first kappa shape index (κ1) is 17.8. The summed E-state index contributed by atoms with van der Waals surface area (Å²) in [4.78, 5) is 8.37. The Labute approximate surface area is 157 Å². The van der Waals surface area contributed by atoms with E-state index in [1.807, 2.05) is 30.3 Å². The molecule has 1 saturated heterocycles. The molecule has 3 aromatic rings. The highest BCUT2D eigenvalue weighted by Gasteiger charge is 2.38. The van der Waals surface area contributed by atoms with Crippen molar-refractivity contribution < 1.29 is 12.9 Å². The van der Waals surface area contributed by atoms with E-state index in [1.165, 1.54) is 4.31 Å². The van der Waals surface area contributed by atoms with E-state index in [2.05, 4.69) is 19.8 Å². The van der Waals surface area contributed by atoms with Gasteiger partial charge in [-0.15, -0.1) is 0 Å². The third kappa shape index (κ3) is 3.90. The van der Waals surface area contributed by atoms with E-state index in [4.69, 9.17) is 4.52 Å². The van der Waals surface area contributed by atoms with E-state index in [0.717, 1.165) is 17.5 Å². The Balaban J connectivity index is 1.51. The van der Waals surface area contributed by atoms with Gasteiger partial charge >= 0.3 is 0 Å². The second kappa shape index (κ2) is 7.55. The highest BCUT2D eigenvalue weighted by Crippen LogP contribution is 2.33. The van der Waals surface area contributed by atoms with Crippen LogP contribution < -0.4 is 4.72 Å². The van der Waals surface area contributed by atoms with Crippen LogP contribution in [-0.4, -0.2) is 34.4 Å². The van der Waals surface area contributed by atoms with Crippen molar-refractivity contribution in [3.8, 4) is 11.4 Å². The lowest BCUT2D eigenvalue weighted by atomic mass is 10.2. The van der Waals surface area contributed by atoms with Crippen molar-refractivity contribution in [2.75, 3.05) is 6.54 Å². The molecule has 4 rings (SSSR count). The van der Waals surface area contributed by atoms with Crippen LogP contribution in [-0.2, 0) is 16.8 Å². The monoisotopic (exact) mass is 385 g/mol. The molecule has 0 radical (unpaired) electrons. The Morgan fingerprint density at radius 1 is 1.15 bits per heavy atom. The molecule has 1 N–H and O–H groups in total. The summed E-state index contributed by atoms with van der Waals surface area (Å²) in [6.45, 7) is 0.653. The van der Waals surface area contributed by atoms with Gasteiger partial charge in [-0.25, -0.2) is 0 Å². The van der Waals surface area contributed by atoms with E-state index >= 15 is 0 Å². The first-order valence-electron chi connectivity index (χ1n) is 8.68. The second-order valence-electron chi connectivity index (χ2n) is 6.27. The molecule has 0 aliphatic carbocycles. The topological polar surface area (TPSA) is 101 Å². The Morgan fingerprint density at radius 3 is 2.70 bits per heavy atom. The summed E-state index contributed by atoms with van der Waals surface area (Å²) in [6.07, 6.45) is 4.67. The Bertz CT molecular complexity index is 992. The molecule has 1 atom stereocenters. The molecule has 8 nitrogen and oxygen atoms in total. The number of nitrogens with zero attached hydrogens (tertiary/aromatic N) is 4. The molecular formula is C18H19N5O3S.